The maximum Gasteiger partial charge on any atom is 0.191 e. The van der Waals surface area contributed by atoms with Crippen LogP contribution in [-0.2, 0) is 29.0 Å². The van der Waals surface area contributed by atoms with E-state index >= 15 is 0 Å². The maximum absolute atomic E-state index is 13.2. The van der Waals surface area contributed by atoms with Gasteiger partial charge in [0, 0.05) is 33.4 Å². The van der Waals surface area contributed by atoms with E-state index in [-0.39, 0.29) is 29.8 Å². The van der Waals surface area contributed by atoms with Gasteiger partial charge < -0.3 is 20.1 Å². The number of nitrogens with one attached hydrogen (secondary N) is 2. The fourth-order valence-electron chi connectivity index (χ4n) is 3.47. The predicted octanol–water partition coefficient (Wildman–Crippen LogP) is 4.36. The van der Waals surface area contributed by atoms with E-state index in [2.05, 4.69) is 39.9 Å². The summed E-state index contributed by atoms with van der Waals surface area (Å²) in [5.41, 5.74) is 4.48. The summed E-state index contributed by atoms with van der Waals surface area (Å²) in [6.07, 6.45) is 3.09. The first-order chi connectivity index (χ1) is 14.6. The zero-order chi connectivity index (χ0) is 21.2. The van der Waals surface area contributed by atoms with Gasteiger partial charge in [0.15, 0.2) is 5.96 Å². The number of hydrogen-bond donors (Lipinski definition) is 2. The lowest BCUT2D eigenvalue weighted by Crippen LogP contribution is -2.37. The molecule has 170 valence electrons. The Kier molecular flexibility index (Phi) is 11.2. The van der Waals surface area contributed by atoms with Crippen LogP contribution in [-0.4, -0.2) is 38.9 Å². The van der Waals surface area contributed by atoms with E-state index in [1.54, 1.807) is 13.1 Å². The summed E-state index contributed by atoms with van der Waals surface area (Å²) in [7, 11) is 1.76. The molecule has 1 aliphatic rings. The summed E-state index contributed by atoms with van der Waals surface area (Å²) in [5.74, 6) is 0.560. The van der Waals surface area contributed by atoms with Crippen molar-refractivity contribution >= 4 is 29.9 Å². The van der Waals surface area contributed by atoms with E-state index in [0.717, 1.165) is 56.1 Å². The largest absolute Gasteiger partial charge is 0.381 e. The minimum Gasteiger partial charge on any atom is -0.381 e. The van der Waals surface area contributed by atoms with Gasteiger partial charge in [-0.05, 0) is 60.6 Å². The minimum absolute atomic E-state index is 0. The SMILES string of the molecule is CN=C(NCCc1ccc(F)cc1C)NCc1ccc(COC2CCOCC2)cc1.I. The number of rotatable bonds is 8. The van der Waals surface area contributed by atoms with Crippen LogP contribution in [0.15, 0.2) is 47.5 Å². The van der Waals surface area contributed by atoms with Crippen molar-refractivity contribution in [2.75, 3.05) is 26.8 Å². The van der Waals surface area contributed by atoms with Crippen molar-refractivity contribution in [2.45, 2.75) is 45.4 Å². The zero-order valence-electron chi connectivity index (χ0n) is 18.3. The van der Waals surface area contributed by atoms with E-state index in [1.165, 1.54) is 17.2 Å². The highest BCUT2D eigenvalue weighted by atomic mass is 127. The molecule has 0 aliphatic carbocycles. The zero-order valence-corrected chi connectivity index (χ0v) is 20.7. The smallest absolute Gasteiger partial charge is 0.191 e. The first-order valence-electron chi connectivity index (χ1n) is 10.6. The van der Waals surface area contributed by atoms with Crippen LogP contribution in [0.5, 0.6) is 0 Å². The van der Waals surface area contributed by atoms with Gasteiger partial charge in [0.05, 0.1) is 12.7 Å². The molecular formula is C24H33FIN3O2. The fraction of sp³-hybridized carbons (Fsp3) is 0.458. The summed E-state index contributed by atoms with van der Waals surface area (Å²) in [4.78, 5) is 4.27. The van der Waals surface area contributed by atoms with Crippen LogP contribution in [0.2, 0.25) is 0 Å². The Morgan fingerprint density at radius 1 is 1.10 bits per heavy atom. The van der Waals surface area contributed by atoms with Crippen LogP contribution in [0.25, 0.3) is 0 Å². The number of nitrogens with zero attached hydrogens (tertiary/aromatic N) is 1. The Balaban J connectivity index is 0.00000341. The fourth-order valence-corrected chi connectivity index (χ4v) is 3.47. The average molecular weight is 541 g/mol. The normalized spacial score (nSPS) is 14.7. The Morgan fingerprint density at radius 2 is 1.81 bits per heavy atom. The van der Waals surface area contributed by atoms with E-state index < -0.39 is 0 Å². The molecule has 1 fully saturated rings. The molecule has 2 N–H and O–H groups in total. The number of aryl methyl sites for hydroxylation is 1. The van der Waals surface area contributed by atoms with Gasteiger partial charge in [0.2, 0.25) is 0 Å². The van der Waals surface area contributed by atoms with E-state index in [4.69, 9.17) is 9.47 Å². The van der Waals surface area contributed by atoms with Crippen molar-refractivity contribution in [3.8, 4) is 0 Å². The van der Waals surface area contributed by atoms with Crippen LogP contribution >= 0.6 is 24.0 Å². The minimum atomic E-state index is -0.192. The van der Waals surface area contributed by atoms with Gasteiger partial charge in [-0.1, -0.05) is 30.3 Å². The van der Waals surface area contributed by atoms with Gasteiger partial charge in [-0.3, -0.25) is 4.99 Å². The second-order valence-electron chi connectivity index (χ2n) is 7.61. The lowest BCUT2D eigenvalue weighted by Gasteiger charge is -2.22. The lowest BCUT2D eigenvalue weighted by atomic mass is 10.1. The molecule has 0 bridgehead atoms. The number of guanidine groups is 1. The summed E-state index contributed by atoms with van der Waals surface area (Å²) < 4.78 is 24.5. The van der Waals surface area contributed by atoms with Gasteiger partial charge >= 0.3 is 0 Å². The van der Waals surface area contributed by atoms with Gasteiger partial charge in [-0.25, -0.2) is 4.39 Å². The molecule has 3 rings (SSSR count). The van der Waals surface area contributed by atoms with Crippen LogP contribution in [0, 0.1) is 12.7 Å². The molecule has 5 nitrogen and oxygen atoms in total. The quantitative estimate of drug-likeness (QED) is 0.297. The molecule has 0 unspecified atom stereocenters. The molecule has 31 heavy (non-hydrogen) atoms. The van der Waals surface area contributed by atoms with E-state index in [1.807, 2.05) is 13.0 Å². The highest BCUT2D eigenvalue weighted by Gasteiger charge is 2.13. The number of hydrogen-bond acceptors (Lipinski definition) is 3. The molecule has 2 aromatic carbocycles. The monoisotopic (exact) mass is 541 g/mol. The standard InChI is InChI=1S/C24H32FN3O2.HI/c1-18-15-22(25)8-7-21(18)9-12-27-24(26-2)28-16-19-3-5-20(6-4-19)17-30-23-10-13-29-14-11-23;/h3-8,15,23H,9-14,16-17H2,1-2H3,(H2,26,27,28);1H. The van der Waals surface area contributed by atoms with Crippen LogP contribution < -0.4 is 10.6 Å². The Bertz CT molecular complexity index is 824. The first kappa shape index (κ1) is 25.5. The lowest BCUT2D eigenvalue weighted by molar-refractivity contribution is -0.0390. The van der Waals surface area contributed by atoms with Gasteiger partial charge in [-0.2, -0.15) is 0 Å². The highest BCUT2D eigenvalue weighted by molar-refractivity contribution is 14.0. The Hall–Kier alpha value is -1.71. The van der Waals surface area contributed by atoms with Gasteiger partial charge in [-0.15, -0.1) is 24.0 Å². The number of aliphatic imine (C=N–C) groups is 1. The summed E-state index contributed by atoms with van der Waals surface area (Å²) >= 11 is 0. The molecule has 0 saturated carbocycles. The third-order valence-electron chi connectivity index (χ3n) is 5.35. The average Bonchev–Trinajstić information content (AvgIpc) is 2.77. The highest BCUT2D eigenvalue weighted by Crippen LogP contribution is 2.14. The Morgan fingerprint density at radius 3 is 2.48 bits per heavy atom. The van der Waals surface area contributed by atoms with Crippen molar-refractivity contribution < 1.29 is 13.9 Å². The summed E-state index contributed by atoms with van der Waals surface area (Å²) in [6, 6.07) is 13.4. The van der Waals surface area contributed by atoms with Crippen LogP contribution in [0.3, 0.4) is 0 Å². The molecule has 0 aromatic heterocycles. The van der Waals surface area contributed by atoms with Gasteiger partial charge in [0.1, 0.15) is 5.82 Å². The molecule has 7 heteroatoms. The maximum atomic E-state index is 13.2. The second kappa shape index (κ2) is 13.6. The molecule has 2 aromatic rings. The molecule has 1 heterocycles. The van der Waals surface area contributed by atoms with Crippen molar-refractivity contribution in [1.29, 1.82) is 0 Å². The molecular weight excluding hydrogens is 508 g/mol. The van der Waals surface area contributed by atoms with Crippen LogP contribution in [0.4, 0.5) is 4.39 Å². The molecule has 1 saturated heterocycles. The van der Waals surface area contributed by atoms with E-state index in [0.29, 0.717) is 19.3 Å². The molecule has 1 aliphatic heterocycles. The van der Waals surface area contributed by atoms with Crippen molar-refractivity contribution in [2.24, 2.45) is 4.99 Å². The van der Waals surface area contributed by atoms with Crippen molar-refractivity contribution in [3.05, 3.63) is 70.5 Å². The molecule has 0 spiro atoms. The third kappa shape index (κ3) is 8.74. The van der Waals surface area contributed by atoms with Crippen molar-refractivity contribution in [1.82, 2.24) is 10.6 Å². The first-order valence-corrected chi connectivity index (χ1v) is 10.6. The van der Waals surface area contributed by atoms with Crippen LogP contribution in [0.1, 0.15) is 35.1 Å². The second-order valence-corrected chi connectivity index (χ2v) is 7.61. The van der Waals surface area contributed by atoms with E-state index in [9.17, 15) is 4.39 Å². The number of benzene rings is 2. The summed E-state index contributed by atoms with van der Waals surface area (Å²) in [6.45, 7) is 5.60. The molecule has 0 amide bonds. The van der Waals surface area contributed by atoms with Gasteiger partial charge in [0.25, 0.3) is 0 Å². The Labute approximate surface area is 201 Å². The third-order valence-corrected chi connectivity index (χ3v) is 5.35. The molecule has 0 atom stereocenters. The topological polar surface area (TPSA) is 54.9 Å². The summed E-state index contributed by atoms with van der Waals surface area (Å²) in [5, 5.41) is 6.65. The predicted molar refractivity (Wildman–Crippen MR) is 134 cm³/mol. The molecule has 0 radical (unpaired) electrons. The number of halogens is 2. The number of ether oxygens (including phenoxy) is 2. The van der Waals surface area contributed by atoms with Crippen molar-refractivity contribution in [3.63, 3.8) is 0 Å².